The van der Waals surface area contributed by atoms with Crippen LogP contribution in [0.25, 0.3) is 0 Å². The number of piperidine rings is 1. The number of imide groups is 1. The van der Waals surface area contributed by atoms with Gasteiger partial charge < -0.3 is 9.80 Å². The van der Waals surface area contributed by atoms with Crippen LogP contribution in [0.1, 0.15) is 37.8 Å². The van der Waals surface area contributed by atoms with Gasteiger partial charge in [-0.15, -0.1) is 0 Å². The third-order valence-electron chi connectivity index (χ3n) is 6.42. The number of amides is 4. The van der Waals surface area contributed by atoms with E-state index in [0.29, 0.717) is 19.1 Å². The molecule has 0 aromatic heterocycles. The summed E-state index contributed by atoms with van der Waals surface area (Å²) in [5, 5.41) is 2.30. The molecule has 1 unspecified atom stereocenters. The van der Waals surface area contributed by atoms with E-state index in [1.807, 2.05) is 4.90 Å². The molecule has 4 amide bonds. The first-order valence-corrected chi connectivity index (χ1v) is 10.1. The van der Waals surface area contributed by atoms with Gasteiger partial charge >= 0.3 is 6.03 Å². The Labute approximate surface area is 165 Å². The molecule has 2 saturated heterocycles. The van der Waals surface area contributed by atoms with Crippen molar-refractivity contribution in [3.8, 4) is 0 Å². The smallest absolute Gasteiger partial charge is 0.325 e. The van der Waals surface area contributed by atoms with E-state index in [-0.39, 0.29) is 18.4 Å². The number of nitrogens with one attached hydrogen (secondary N) is 1. The van der Waals surface area contributed by atoms with Gasteiger partial charge in [0.25, 0.3) is 5.91 Å². The van der Waals surface area contributed by atoms with Gasteiger partial charge in [0.2, 0.25) is 5.91 Å². The summed E-state index contributed by atoms with van der Waals surface area (Å²) in [6, 6.07) is 8.43. The summed E-state index contributed by atoms with van der Waals surface area (Å²) in [7, 11) is 0. The molecule has 4 rings (SSSR count). The highest BCUT2D eigenvalue weighted by molar-refractivity contribution is 6.07. The van der Waals surface area contributed by atoms with Crippen LogP contribution in [0.4, 0.5) is 4.79 Å². The van der Waals surface area contributed by atoms with Gasteiger partial charge in [0, 0.05) is 32.2 Å². The molecule has 1 atom stereocenters. The highest BCUT2D eigenvalue weighted by Crippen LogP contribution is 2.25. The maximum absolute atomic E-state index is 12.9. The highest BCUT2D eigenvalue weighted by Gasteiger charge is 2.46. The Morgan fingerprint density at radius 1 is 1.18 bits per heavy atom. The zero-order chi connectivity index (χ0) is 19.9. The summed E-state index contributed by atoms with van der Waals surface area (Å²) >= 11 is 0. The lowest BCUT2D eigenvalue weighted by atomic mass is 9.96. The lowest BCUT2D eigenvalue weighted by molar-refractivity contribution is -0.135. The van der Waals surface area contributed by atoms with E-state index in [1.54, 1.807) is 13.8 Å². The van der Waals surface area contributed by atoms with Crippen LogP contribution in [0.2, 0.25) is 0 Å². The number of benzene rings is 1. The van der Waals surface area contributed by atoms with Crippen LogP contribution in [0.15, 0.2) is 24.3 Å². The number of fused-ring (bicyclic) bond motifs is 1. The van der Waals surface area contributed by atoms with Crippen molar-refractivity contribution in [3.63, 3.8) is 0 Å². The summed E-state index contributed by atoms with van der Waals surface area (Å²) in [5.74, 6) is -0.436. The van der Waals surface area contributed by atoms with Crippen LogP contribution in [0.5, 0.6) is 0 Å². The predicted octanol–water partition coefficient (Wildman–Crippen LogP) is 1.37. The maximum atomic E-state index is 12.9. The first-order valence-electron chi connectivity index (χ1n) is 10.1. The molecular weight excluding hydrogens is 356 g/mol. The number of carbonyl (C=O) groups is 3. The van der Waals surface area contributed by atoms with E-state index in [0.717, 1.165) is 32.4 Å². The van der Waals surface area contributed by atoms with Crippen molar-refractivity contribution in [2.75, 3.05) is 26.2 Å². The van der Waals surface area contributed by atoms with Crippen molar-refractivity contribution in [3.05, 3.63) is 35.4 Å². The molecule has 3 heterocycles. The van der Waals surface area contributed by atoms with Crippen molar-refractivity contribution < 1.29 is 14.4 Å². The first-order chi connectivity index (χ1) is 13.4. The number of carbonyl (C=O) groups excluding carboxylic acids is 3. The fourth-order valence-corrected chi connectivity index (χ4v) is 4.51. The Morgan fingerprint density at radius 2 is 1.93 bits per heavy atom. The Kier molecular flexibility index (Phi) is 4.87. The molecule has 7 nitrogen and oxygen atoms in total. The molecule has 28 heavy (non-hydrogen) atoms. The topological polar surface area (TPSA) is 73.0 Å². The van der Waals surface area contributed by atoms with E-state index in [1.165, 1.54) is 16.0 Å². The molecular formula is C21H28N4O3. The summed E-state index contributed by atoms with van der Waals surface area (Å²) in [5.41, 5.74) is 1.82. The van der Waals surface area contributed by atoms with E-state index in [9.17, 15) is 14.4 Å². The number of urea groups is 1. The van der Waals surface area contributed by atoms with Crippen LogP contribution in [0.3, 0.4) is 0 Å². The third kappa shape index (κ3) is 3.39. The minimum absolute atomic E-state index is 0.0554. The van der Waals surface area contributed by atoms with Crippen molar-refractivity contribution in [2.24, 2.45) is 0 Å². The normalized spacial score (nSPS) is 24.9. The number of nitrogens with zero attached hydrogens (tertiary/aromatic N) is 3. The number of hydrogen-bond donors (Lipinski definition) is 1. The quantitative estimate of drug-likeness (QED) is 0.799. The number of hydrogen-bond acceptors (Lipinski definition) is 4. The Morgan fingerprint density at radius 3 is 2.64 bits per heavy atom. The maximum Gasteiger partial charge on any atom is 0.325 e. The fourth-order valence-electron chi connectivity index (χ4n) is 4.51. The lowest BCUT2D eigenvalue weighted by Gasteiger charge is -2.42. The van der Waals surface area contributed by atoms with Crippen molar-refractivity contribution >= 4 is 17.8 Å². The van der Waals surface area contributed by atoms with E-state index in [2.05, 4.69) is 34.5 Å². The molecule has 0 spiro atoms. The summed E-state index contributed by atoms with van der Waals surface area (Å²) < 4.78 is 0. The van der Waals surface area contributed by atoms with Gasteiger partial charge in [-0.2, -0.15) is 0 Å². The molecule has 0 radical (unpaired) electrons. The second-order valence-corrected chi connectivity index (χ2v) is 8.53. The van der Waals surface area contributed by atoms with E-state index >= 15 is 0 Å². The van der Waals surface area contributed by atoms with Crippen LogP contribution >= 0.6 is 0 Å². The Bertz CT molecular complexity index is 807. The lowest BCUT2D eigenvalue weighted by Crippen LogP contribution is -2.54. The summed E-state index contributed by atoms with van der Waals surface area (Å²) in [4.78, 5) is 42.6. The second kappa shape index (κ2) is 7.20. The van der Waals surface area contributed by atoms with Gasteiger partial charge in [-0.05, 0) is 44.2 Å². The monoisotopic (exact) mass is 384 g/mol. The molecule has 3 aliphatic heterocycles. The highest BCUT2D eigenvalue weighted by atomic mass is 16.2. The molecule has 7 heteroatoms. The number of likely N-dealkylation sites (tertiary alicyclic amines) is 1. The Balaban J connectivity index is 1.39. The van der Waals surface area contributed by atoms with Crippen LogP contribution in [-0.2, 0) is 22.6 Å². The average molecular weight is 384 g/mol. The minimum Gasteiger partial charge on any atom is -0.340 e. The van der Waals surface area contributed by atoms with Gasteiger partial charge in [0.1, 0.15) is 12.1 Å². The largest absolute Gasteiger partial charge is 0.340 e. The predicted molar refractivity (Wildman–Crippen MR) is 104 cm³/mol. The molecule has 1 N–H and O–H groups in total. The SMILES string of the molecule is CC1(C)C(=O)NC(=O)N1CC(=O)N1CCCC(N2CCc3ccccc3C2)C1. The van der Waals surface area contributed by atoms with Gasteiger partial charge in [0.05, 0.1) is 0 Å². The molecule has 150 valence electrons. The first kappa shape index (κ1) is 18.9. The zero-order valence-corrected chi connectivity index (χ0v) is 16.6. The van der Waals surface area contributed by atoms with Gasteiger partial charge in [-0.25, -0.2) is 4.79 Å². The van der Waals surface area contributed by atoms with Crippen LogP contribution < -0.4 is 5.32 Å². The molecule has 3 aliphatic rings. The zero-order valence-electron chi connectivity index (χ0n) is 16.6. The van der Waals surface area contributed by atoms with Gasteiger partial charge in [-0.1, -0.05) is 24.3 Å². The van der Waals surface area contributed by atoms with E-state index < -0.39 is 11.6 Å². The van der Waals surface area contributed by atoms with Crippen molar-refractivity contribution in [1.29, 1.82) is 0 Å². The average Bonchev–Trinajstić information content (AvgIpc) is 2.89. The molecule has 0 bridgehead atoms. The molecule has 0 aliphatic carbocycles. The van der Waals surface area contributed by atoms with Crippen LogP contribution in [0, 0.1) is 0 Å². The summed E-state index contributed by atoms with van der Waals surface area (Å²) in [6.45, 7) is 6.63. The van der Waals surface area contributed by atoms with Crippen molar-refractivity contribution in [2.45, 2.75) is 51.2 Å². The third-order valence-corrected chi connectivity index (χ3v) is 6.42. The standard InChI is InChI=1S/C21H28N4O3/c1-21(2)19(27)22-20(28)25(21)14-18(26)24-10-5-8-17(13-24)23-11-9-15-6-3-4-7-16(15)12-23/h3-4,6-7,17H,5,8-14H2,1-2H3,(H,22,27,28). The van der Waals surface area contributed by atoms with Crippen molar-refractivity contribution in [1.82, 2.24) is 20.0 Å². The van der Waals surface area contributed by atoms with Gasteiger partial charge in [-0.3, -0.25) is 19.8 Å². The van der Waals surface area contributed by atoms with Gasteiger partial charge in [0.15, 0.2) is 0 Å². The second-order valence-electron chi connectivity index (χ2n) is 8.53. The molecule has 0 saturated carbocycles. The fraction of sp³-hybridized carbons (Fsp3) is 0.571. The molecule has 1 aromatic carbocycles. The summed E-state index contributed by atoms with van der Waals surface area (Å²) in [6.07, 6.45) is 3.09. The van der Waals surface area contributed by atoms with Crippen LogP contribution in [-0.4, -0.2) is 70.3 Å². The number of rotatable bonds is 3. The molecule has 1 aromatic rings. The Hall–Kier alpha value is -2.41. The molecule has 2 fully saturated rings. The minimum atomic E-state index is -0.988. The van der Waals surface area contributed by atoms with E-state index in [4.69, 9.17) is 0 Å².